The second kappa shape index (κ2) is 7.65. The molecule has 0 saturated carbocycles. The first kappa shape index (κ1) is 17.0. The Morgan fingerprint density at radius 1 is 1.25 bits per heavy atom. The molecule has 4 heteroatoms. The molecule has 1 atom stereocenters. The van der Waals surface area contributed by atoms with Crippen LogP contribution in [0.25, 0.3) is 0 Å². The summed E-state index contributed by atoms with van der Waals surface area (Å²) in [6.45, 7) is 8.41. The minimum Gasteiger partial charge on any atom is -0.444 e. The van der Waals surface area contributed by atoms with Crippen LogP contribution in [0.15, 0.2) is 0 Å². The highest BCUT2D eigenvalue weighted by Crippen LogP contribution is 2.23. The van der Waals surface area contributed by atoms with E-state index < -0.39 is 5.60 Å². The summed E-state index contributed by atoms with van der Waals surface area (Å²) in [5.74, 6) is 0.271. The summed E-state index contributed by atoms with van der Waals surface area (Å²) in [5, 5.41) is 0. The van der Waals surface area contributed by atoms with E-state index in [2.05, 4.69) is 6.92 Å². The van der Waals surface area contributed by atoms with E-state index in [4.69, 9.17) is 4.74 Å². The van der Waals surface area contributed by atoms with Gasteiger partial charge >= 0.3 is 6.09 Å². The minimum atomic E-state index is -0.481. The molecule has 1 aliphatic heterocycles. The number of ether oxygens (including phenoxy) is 1. The van der Waals surface area contributed by atoms with E-state index in [0.29, 0.717) is 19.4 Å². The highest BCUT2D eigenvalue weighted by Gasteiger charge is 2.31. The highest BCUT2D eigenvalue weighted by molar-refractivity contribution is 5.80. The van der Waals surface area contributed by atoms with Crippen LogP contribution in [0, 0.1) is 0 Å². The summed E-state index contributed by atoms with van der Waals surface area (Å²) in [4.78, 5) is 25.9. The molecule has 1 fully saturated rings. The van der Waals surface area contributed by atoms with Crippen LogP contribution in [0.3, 0.4) is 0 Å². The summed E-state index contributed by atoms with van der Waals surface area (Å²) in [7, 11) is 0. The van der Waals surface area contributed by atoms with Crippen molar-refractivity contribution >= 4 is 11.9 Å². The molecule has 0 aromatic carbocycles. The van der Waals surface area contributed by atoms with Crippen molar-refractivity contribution < 1.29 is 14.3 Å². The summed E-state index contributed by atoms with van der Waals surface area (Å²) >= 11 is 0. The molecule has 1 rings (SSSR count). The van der Waals surface area contributed by atoms with Crippen LogP contribution in [-0.2, 0) is 9.53 Å². The number of ketones is 1. The quantitative estimate of drug-likeness (QED) is 0.768. The average Bonchev–Trinajstić information content (AvgIpc) is 2.35. The lowest BCUT2D eigenvalue weighted by atomic mass is 9.96. The molecule has 0 aliphatic carbocycles. The van der Waals surface area contributed by atoms with E-state index in [0.717, 1.165) is 32.1 Å². The van der Waals surface area contributed by atoms with Gasteiger partial charge in [0.05, 0.1) is 0 Å². The topological polar surface area (TPSA) is 46.6 Å². The number of hydrogen-bond donors (Lipinski definition) is 0. The lowest BCUT2D eigenvalue weighted by Gasteiger charge is -2.36. The SMILES string of the molecule is CCCCC(=O)CC1CCCCN1C(=O)OC(C)(C)C. The van der Waals surface area contributed by atoms with E-state index in [1.165, 1.54) is 0 Å². The van der Waals surface area contributed by atoms with Crippen LogP contribution in [0.2, 0.25) is 0 Å². The number of piperidine rings is 1. The second-order valence-corrected chi connectivity index (χ2v) is 6.67. The molecule has 1 unspecified atom stereocenters. The number of amides is 1. The van der Waals surface area contributed by atoms with Crippen molar-refractivity contribution in [3.05, 3.63) is 0 Å². The fourth-order valence-corrected chi connectivity index (χ4v) is 2.51. The monoisotopic (exact) mass is 283 g/mol. The van der Waals surface area contributed by atoms with E-state index >= 15 is 0 Å². The third-order valence-corrected chi connectivity index (χ3v) is 3.53. The van der Waals surface area contributed by atoms with Crippen molar-refractivity contribution in [1.29, 1.82) is 0 Å². The standard InChI is InChI=1S/C16H29NO3/c1-5-6-10-14(18)12-13-9-7-8-11-17(13)15(19)20-16(2,3)4/h13H,5-12H2,1-4H3. The lowest BCUT2D eigenvalue weighted by molar-refractivity contribution is -0.120. The molecule has 0 aromatic rings. The molecule has 4 nitrogen and oxygen atoms in total. The number of carbonyl (C=O) groups is 2. The van der Waals surface area contributed by atoms with Gasteiger partial charge in [0.2, 0.25) is 0 Å². The minimum absolute atomic E-state index is 0.0305. The average molecular weight is 283 g/mol. The number of unbranched alkanes of at least 4 members (excludes halogenated alkanes) is 1. The second-order valence-electron chi connectivity index (χ2n) is 6.67. The molecule has 1 saturated heterocycles. The normalized spacial score (nSPS) is 19.8. The smallest absolute Gasteiger partial charge is 0.410 e. The first-order valence-corrected chi connectivity index (χ1v) is 7.85. The van der Waals surface area contributed by atoms with Crippen molar-refractivity contribution in [1.82, 2.24) is 4.90 Å². The number of carbonyl (C=O) groups excluding carboxylic acids is 2. The van der Waals surface area contributed by atoms with Crippen molar-refractivity contribution in [3.63, 3.8) is 0 Å². The molecule has 0 N–H and O–H groups in total. The van der Waals surface area contributed by atoms with Gasteiger partial charge in [0, 0.05) is 25.4 Å². The Kier molecular flexibility index (Phi) is 6.50. The van der Waals surface area contributed by atoms with Gasteiger partial charge in [0.1, 0.15) is 11.4 Å². The Balaban J connectivity index is 2.57. The van der Waals surface area contributed by atoms with Crippen molar-refractivity contribution in [3.8, 4) is 0 Å². The molecule has 0 radical (unpaired) electrons. The Bertz CT molecular complexity index is 333. The summed E-state index contributed by atoms with van der Waals surface area (Å²) in [6, 6.07) is 0.0305. The molecule has 0 bridgehead atoms. The first-order chi connectivity index (χ1) is 9.33. The summed E-state index contributed by atoms with van der Waals surface area (Å²) in [6.07, 6.45) is 5.82. The van der Waals surface area contributed by atoms with E-state index in [1.54, 1.807) is 4.90 Å². The lowest BCUT2D eigenvalue weighted by Crippen LogP contribution is -2.46. The Morgan fingerprint density at radius 2 is 1.95 bits per heavy atom. The number of nitrogens with zero attached hydrogens (tertiary/aromatic N) is 1. The number of Topliss-reactive ketones (excluding diaryl/α,β-unsaturated/α-hetero) is 1. The van der Waals surface area contributed by atoms with Gasteiger partial charge < -0.3 is 9.64 Å². The first-order valence-electron chi connectivity index (χ1n) is 7.85. The fourth-order valence-electron chi connectivity index (χ4n) is 2.51. The molecular weight excluding hydrogens is 254 g/mol. The van der Waals surface area contributed by atoms with Gasteiger partial charge in [-0.05, 0) is 46.5 Å². The maximum absolute atomic E-state index is 12.2. The van der Waals surface area contributed by atoms with Gasteiger partial charge in [-0.2, -0.15) is 0 Å². The maximum atomic E-state index is 12.2. The van der Waals surface area contributed by atoms with Crippen molar-refractivity contribution in [2.24, 2.45) is 0 Å². The third kappa shape index (κ3) is 5.93. The van der Waals surface area contributed by atoms with Gasteiger partial charge in [-0.25, -0.2) is 4.79 Å². The van der Waals surface area contributed by atoms with Gasteiger partial charge in [-0.1, -0.05) is 13.3 Å². The molecular formula is C16H29NO3. The number of likely N-dealkylation sites (tertiary alicyclic amines) is 1. The highest BCUT2D eigenvalue weighted by atomic mass is 16.6. The Labute approximate surface area is 122 Å². The van der Waals surface area contributed by atoms with Crippen LogP contribution in [-0.4, -0.2) is 35.0 Å². The van der Waals surface area contributed by atoms with Gasteiger partial charge in [0.15, 0.2) is 0 Å². The molecule has 20 heavy (non-hydrogen) atoms. The third-order valence-electron chi connectivity index (χ3n) is 3.53. The van der Waals surface area contributed by atoms with Gasteiger partial charge in [0.25, 0.3) is 0 Å². The van der Waals surface area contributed by atoms with Crippen LogP contribution >= 0.6 is 0 Å². The zero-order valence-corrected chi connectivity index (χ0v) is 13.4. The summed E-state index contributed by atoms with van der Waals surface area (Å²) < 4.78 is 5.45. The zero-order chi connectivity index (χ0) is 15.2. The summed E-state index contributed by atoms with van der Waals surface area (Å²) in [5.41, 5.74) is -0.481. The largest absolute Gasteiger partial charge is 0.444 e. The maximum Gasteiger partial charge on any atom is 0.410 e. The molecule has 0 aromatic heterocycles. The van der Waals surface area contributed by atoms with Crippen LogP contribution in [0.5, 0.6) is 0 Å². The van der Waals surface area contributed by atoms with E-state index in [1.807, 2.05) is 20.8 Å². The van der Waals surface area contributed by atoms with E-state index in [-0.39, 0.29) is 17.9 Å². The van der Waals surface area contributed by atoms with Gasteiger partial charge in [-0.15, -0.1) is 0 Å². The Hall–Kier alpha value is -1.06. The molecule has 1 heterocycles. The van der Waals surface area contributed by atoms with Crippen LogP contribution in [0.4, 0.5) is 4.79 Å². The molecule has 1 aliphatic rings. The number of rotatable bonds is 5. The molecule has 1 amide bonds. The molecule has 0 spiro atoms. The molecule has 116 valence electrons. The van der Waals surface area contributed by atoms with Gasteiger partial charge in [-0.3, -0.25) is 4.79 Å². The van der Waals surface area contributed by atoms with Crippen LogP contribution < -0.4 is 0 Å². The van der Waals surface area contributed by atoms with E-state index in [9.17, 15) is 9.59 Å². The van der Waals surface area contributed by atoms with Crippen molar-refractivity contribution in [2.75, 3.05) is 6.54 Å². The van der Waals surface area contributed by atoms with Crippen molar-refractivity contribution in [2.45, 2.75) is 84.3 Å². The number of hydrogen-bond acceptors (Lipinski definition) is 3. The predicted molar refractivity (Wildman–Crippen MR) is 79.7 cm³/mol. The Morgan fingerprint density at radius 3 is 2.55 bits per heavy atom. The fraction of sp³-hybridized carbons (Fsp3) is 0.875. The van der Waals surface area contributed by atoms with Crippen LogP contribution in [0.1, 0.15) is 72.6 Å². The predicted octanol–water partition coefficient (Wildman–Crippen LogP) is 3.93. The zero-order valence-electron chi connectivity index (χ0n) is 13.4.